The van der Waals surface area contributed by atoms with E-state index in [-0.39, 0.29) is 6.42 Å². The topological polar surface area (TPSA) is 63.8 Å². The van der Waals surface area contributed by atoms with Crippen LogP contribution in [0.3, 0.4) is 0 Å². The number of aliphatic carboxylic acids is 1. The maximum absolute atomic E-state index is 10.6. The van der Waals surface area contributed by atoms with Crippen LogP contribution in [-0.2, 0) is 11.2 Å². The van der Waals surface area contributed by atoms with Crippen molar-refractivity contribution in [2.75, 3.05) is 7.11 Å². The van der Waals surface area contributed by atoms with Gasteiger partial charge in [0.15, 0.2) is 0 Å². The fourth-order valence-corrected chi connectivity index (χ4v) is 2.13. The van der Waals surface area contributed by atoms with Gasteiger partial charge in [0.25, 0.3) is 0 Å². The third-order valence-electron chi connectivity index (χ3n) is 2.44. The summed E-state index contributed by atoms with van der Waals surface area (Å²) in [6.07, 6.45) is 2.24. The molecule has 0 amide bonds. The Morgan fingerprint density at radius 1 is 1.59 bits per heavy atom. The summed E-state index contributed by atoms with van der Waals surface area (Å²) in [6, 6.07) is 3.71. The van der Waals surface area contributed by atoms with E-state index >= 15 is 0 Å². The number of rotatable bonds is 4. The van der Waals surface area contributed by atoms with Crippen molar-refractivity contribution in [3.05, 3.63) is 28.8 Å². The number of carboxylic acid groups (broad SMARTS) is 1. The van der Waals surface area contributed by atoms with Crippen LogP contribution in [0.25, 0.3) is 5.52 Å². The number of carboxylic acids is 1. The van der Waals surface area contributed by atoms with Crippen LogP contribution < -0.4 is 4.74 Å². The fourth-order valence-electron chi connectivity index (χ4n) is 1.60. The molecule has 0 aliphatic rings. The number of fused-ring (bicyclic) bond motifs is 1. The highest BCUT2D eigenvalue weighted by Gasteiger charge is 2.11. The van der Waals surface area contributed by atoms with Gasteiger partial charge in [-0.15, -0.1) is 0 Å². The Hall–Kier alpha value is -1.56. The summed E-state index contributed by atoms with van der Waals surface area (Å²) in [7, 11) is 1.59. The largest absolute Gasteiger partial charge is 0.495 e. The lowest BCUT2D eigenvalue weighted by atomic mass is 10.3. The van der Waals surface area contributed by atoms with Gasteiger partial charge in [-0.3, -0.25) is 9.20 Å². The van der Waals surface area contributed by atoms with Gasteiger partial charge in [0, 0.05) is 6.42 Å². The first-order valence-electron chi connectivity index (χ1n) is 5.04. The SMILES string of the molecule is COc1ccc2c(Br)nc(CCC(=O)O)n2c1. The minimum atomic E-state index is -0.833. The van der Waals surface area contributed by atoms with Crippen LogP contribution in [0, 0.1) is 0 Å². The van der Waals surface area contributed by atoms with Crippen molar-refractivity contribution >= 4 is 27.4 Å². The van der Waals surface area contributed by atoms with E-state index in [0.29, 0.717) is 22.6 Å². The van der Waals surface area contributed by atoms with E-state index in [9.17, 15) is 4.79 Å². The van der Waals surface area contributed by atoms with Gasteiger partial charge in [0.05, 0.1) is 25.2 Å². The van der Waals surface area contributed by atoms with Crippen molar-refractivity contribution in [2.45, 2.75) is 12.8 Å². The fraction of sp³-hybridized carbons (Fsp3) is 0.273. The third kappa shape index (κ3) is 2.41. The molecule has 0 spiro atoms. The maximum Gasteiger partial charge on any atom is 0.303 e. The summed E-state index contributed by atoms with van der Waals surface area (Å²) < 4.78 is 7.68. The zero-order valence-corrected chi connectivity index (χ0v) is 10.8. The number of nitrogens with zero attached hydrogens (tertiary/aromatic N) is 2. The van der Waals surface area contributed by atoms with Gasteiger partial charge in [-0.1, -0.05) is 0 Å². The normalized spacial score (nSPS) is 10.7. The zero-order valence-electron chi connectivity index (χ0n) is 9.18. The molecule has 2 rings (SSSR count). The number of ether oxygens (including phenoxy) is 1. The molecule has 6 heteroatoms. The number of aryl methyl sites for hydroxylation is 1. The highest BCUT2D eigenvalue weighted by molar-refractivity contribution is 9.10. The Kier molecular flexibility index (Phi) is 3.33. The third-order valence-corrected chi connectivity index (χ3v) is 3.02. The summed E-state index contributed by atoms with van der Waals surface area (Å²) in [6.45, 7) is 0. The van der Waals surface area contributed by atoms with Gasteiger partial charge < -0.3 is 9.84 Å². The molecule has 0 unspecified atom stereocenters. The second-order valence-electron chi connectivity index (χ2n) is 3.54. The Morgan fingerprint density at radius 3 is 3.00 bits per heavy atom. The van der Waals surface area contributed by atoms with E-state index in [1.54, 1.807) is 13.3 Å². The summed E-state index contributed by atoms with van der Waals surface area (Å²) in [5.41, 5.74) is 0.895. The van der Waals surface area contributed by atoms with Gasteiger partial charge in [0.2, 0.25) is 0 Å². The number of aromatic nitrogens is 2. The van der Waals surface area contributed by atoms with Gasteiger partial charge in [-0.25, -0.2) is 4.98 Å². The minimum Gasteiger partial charge on any atom is -0.495 e. The van der Waals surface area contributed by atoms with Crippen molar-refractivity contribution in [3.8, 4) is 5.75 Å². The lowest BCUT2D eigenvalue weighted by molar-refractivity contribution is -0.137. The molecule has 17 heavy (non-hydrogen) atoms. The van der Waals surface area contributed by atoms with E-state index in [1.807, 2.05) is 16.5 Å². The van der Waals surface area contributed by atoms with Crippen molar-refractivity contribution in [1.29, 1.82) is 0 Å². The molecule has 0 aromatic carbocycles. The summed E-state index contributed by atoms with van der Waals surface area (Å²) in [5.74, 6) is 0.577. The van der Waals surface area contributed by atoms with Crippen LogP contribution in [-0.4, -0.2) is 27.6 Å². The summed E-state index contributed by atoms with van der Waals surface area (Å²) in [5, 5.41) is 8.68. The molecule has 0 aliphatic heterocycles. The predicted molar refractivity (Wildman–Crippen MR) is 65.4 cm³/mol. The van der Waals surface area contributed by atoms with E-state index in [0.717, 1.165) is 5.52 Å². The highest BCUT2D eigenvalue weighted by atomic mass is 79.9. The Morgan fingerprint density at radius 2 is 2.35 bits per heavy atom. The number of hydrogen-bond acceptors (Lipinski definition) is 3. The van der Waals surface area contributed by atoms with Crippen LogP contribution >= 0.6 is 15.9 Å². The first-order chi connectivity index (χ1) is 8.11. The Balaban J connectivity index is 2.43. The monoisotopic (exact) mass is 298 g/mol. The first kappa shape index (κ1) is 11.9. The number of imidazole rings is 1. The molecular weight excluding hydrogens is 288 g/mol. The number of hydrogen-bond donors (Lipinski definition) is 1. The number of halogens is 1. The van der Waals surface area contributed by atoms with Crippen LogP contribution in [0.2, 0.25) is 0 Å². The van der Waals surface area contributed by atoms with E-state index in [2.05, 4.69) is 20.9 Å². The molecule has 0 bridgehead atoms. The van der Waals surface area contributed by atoms with Gasteiger partial charge in [-0.2, -0.15) is 0 Å². The van der Waals surface area contributed by atoms with Crippen LogP contribution in [0.5, 0.6) is 5.75 Å². The molecule has 90 valence electrons. The van der Waals surface area contributed by atoms with Crippen LogP contribution in [0.15, 0.2) is 22.9 Å². The molecule has 0 saturated carbocycles. The molecule has 2 aromatic heterocycles. The quantitative estimate of drug-likeness (QED) is 0.939. The van der Waals surface area contributed by atoms with E-state index < -0.39 is 5.97 Å². The molecular formula is C11H11BrN2O3. The average molecular weight is 299 g/mol. The second-order valence-corrected chi connectivity index (χ2v) is 4.29. The Bertz CT molecular complexity index is 565. The van der Waals surface area contributed by atoms with Crippen molar-refractivity contribution < 1.29 is 14.6 Å². The number of carbonyl (C=O) groups is 1. The highest BCUT2D eigenvalue weighted by Crippen LogP contribution is 2.22. The molecule has 0 fully saturated rings. The lowest BCUT2D eigenvalue weighted by Gasteiger charge is -2.03. The molecule has 1 N–H and O–H groups in total. The predicted octanol–water partition coefficient (Wildman–Crippen LogP) is 2.12. The standard InChI is InChI=1S/C11H11BrN2O3/c1-17-7-2-3-8-11(12)13-9(14(8)6-7)4-5-10(15)16/h2-3,6H,4-5H2,1H3,(H,15,16). The van der Waals surface area contributed by atoms with Crippen molar-refractivity contribution in [2.24, 2.45) is 0 Å². The minimum absolute atomic E-state index is 0.0583. The first-order valence-corrected chi connectivity index (χ1v) is 5.83. The molecule has 0 aliphatic carbocycles. The molecule has 0 atom stereocenters. The maximum atomic E-state index is 10.6. The van der Waals surface area contributed by atoms with E-state index in [4.69, 9.17) is 9.84 Å². The summed E-state index contributed by atoms with van der Waals surface area (Å²) >= 11 is 3.35. The van der Waals surface area contributed by atoms with Crippen molar-refractivity contribution in [3.63, 3.8) is 0 Å². The van der Waals surface area contributed by atoms with Crippen LogP contribution in [0.1, 0.15) is 12.2 Å². The van der Waals surface area contributed by atoms with Gasteiger partial charge in [0.1, 0.15) is 16.2 Å². The lowest BCUT2D eigenvalue weighted by Crippen LogP contribution is -2.01. The average Bonchev–Trinajstić information content (AvgIpc) is 2.63. The molecule has 2 heterocycles. The Labute approximate surface area is 106 Å². The molecule has 2 aromatic rings. The molecule has 0 radical (unpaired) electrons. The number of methoxy groups -OCH3 is 1. The molecule has 5 nitrogen and oxygen atoms in total. The van der Waals surface area contributed by atoms with Gasteiger partial charge in [-0.05, 0) is 28.1 Å². The second kappa shape index (κ2) is 4.75. The van der Waals surface area contributed by atoms with E-state index in [1.165, 1.54) is 0 Å². The summed E-state index contributed by atoms with van der Waals surface area (Å²) in [4.78, 5) is 14.9. The van der Waals surface area contributed by atoms with Gasteiger partial charge >= 0.3 is 5.97 Å². The smallest absolute Gasteiger partial charge is 0.303 e. The molecule has 0 saturated heterocycles. The zero-order chi connectivity index (χ0) is 12.4. The number of pyridine rings is 1. The van der Waals surface area contributed by atoms with Crippen LogP contribution in [0.4, 0.5) is 0 Å². The van der Waals surface area contributed by atoms with Crippen molar-refractivity contribution in [1.82, 2.24) is 9.38 Å².